The van der Waals surface area contributed by atoms with E-state index in [1.165, 1.54) is 70.6 Å². The monoisotopic (exact) mass is 373 g/mol. The molecule has 0 aromatic heterocycles. The molecular weight excluding hydrogens is 330 g/mol. The van der Waals surface area contributed by atoms with Crippen LogP contribution in [0.4, 0.5) is 0 Å². The second kappa shape index (κ2) is 17.7. The smallest absolute Gasteiger partial charge is 0.119 e. The molecule has 0 spiro atoms. The van der Waals surface area contributed by atoms with Crippen LogP contribution in [0.25, 0.3) is 0 Å². The summed E-state index contributed by atoms with van der Waals surface area (Å²) in [5, 5.41) is 10.6. The summed E-state index contributed by atoms with van der Waals surface area (Å²) in [6.45, 7) is 4.18. The van der Waals surface area contributed by atoms with Crippen LogP contribution in [0.15, 0.2) is 0 Å². The number of hydrogen-bond acceptors (Lipinski definition) is 4. The van der Waals surface area contributed by atoms with E-state index in [1.54, 1.807) is 0 Å². The van der Waals surface area contributed by atoms with Crippen molar-refractivity contribution in [2.24, 2.45) is 0 Å². The number of aliphatic carboxylic acids is 1. The number of nitrogens with zero attached hydrogens (tertiary/aromatic N) is 1. The van der Waals surface area contributed by atoms with Crippen LogP contribution in [0.3, 0.4) is 0 Å². The summed E-state index contributed by atoms with van der Waals surface area (Å²) >= 11 is 0. The van der Waals surface area contributed by atoms with Gasteiger partial charge in [0.2, 0.25) is 0 Å². The molecule has 5 nitrogen and oxygen atoms in total. The minimum Gasteiger partial charge on any atom is -0.544 e. The van der Waals surface area contributed by atoms with Crippen LogP contribution in [-0.2, 0) is 14.6 Å². The molecule has 0 aliphatic rings. The van der Waals surface area contributed by atoms with Crippen molar-refractivity contribution >= 4 is 5.97 Å². The lowest BCUT2D eigenvalue weighted by atomic mass is 10.1. The van der Waals surface area contributed by atoms with Crippen LogP contribution in [0.1, 0.15) is 90.4 Å². The molecule has 0 atom stereocenters. The van der Waals surface area contributed by atoms with E-state index in [1.807, 2.05) is 14.1 Å². The van der Waals surface area contributed by atoms with Crippen LogP contribution in [-0.4, -0.2) is 50.9 Å². The Morgan fingerprint density at radius 2 is 1.15 bits per heavy atom. The summed E-state index contributed by atoms with van der Waals surface area (Å²) in [5.74, 6) is -1.01. The number of quaternary nitrogens is 1. The molecule has 0 N–H and O–H groups in total. The predicted molar refractivity (Wildman–Crippen MR) is 104 cm³/mol. The molecule has 0 radical (unpaired) electrons. The Morgan fingerprint density at radius 3 is 1.62 bits per heavy atom. The van der Waals surface area contributed by atoms with E-state index in [-0.39, 0.29) is 6.54 Å². The number of carbonyl (C=O) groups is 1. The van der Waals surface area contributed by atoms with E-state index in [9.17, 15) is 9.90 Å². The highest BCUT2D eigenvalue weighted by Gasteiger charge is 2.14. The minimum atomic E-state index is -1.01. The maximum absolute atomic E-state index is 10.6. The highest BCUT2D eigenvalue weighted by molar-refractivity contribution is 5.65. The van der Waals surface area contributed by atoms with Gasteiger partial charge >= 0.3 is 0 Å². The number of unbranched alkanes of at least 4 members (excludes halogenated alkanes) is 11. The van der Waals surface area contributed by atoms with Gasteiger partial charge in [0.1, 0.15) is 6.54 Å². The topological polar surface area (TPSA) is 58.6 Å². The molecule has 0 fully saturated rings. The number of carboxylic acids is 1. The highest BCUT2D eigenvalue weighted by atomic mass is 17.2. The first-order valence-electron chi connectivity index (χ1n) is 10.7. The third-order valence-corrected chi connectivity index (χ3v) is 4.71. The average molecular weight is 374 g/mol. The van der Waals surface area contributed by atoms with Crippen molar-refractivity contribution in [2.45, 2.75) is 90.4 Å². The Hall–Kier alpha value is -0.650. The van der Waals surface area contributed by atoms with Crippen LogP contribution in [0, 0.1) is 0 Å². The molecule has 0 saturated heterocycles. The molecule has 5 heteroatoms. The van der Waals surface area contributed by atoms with Crippen molar-refractivity contribution < 1.29 is 24.2 Å². The number of hydrogen-bond donors (Lipinski definition) is 0. The van der Waals surface area contributed by atoms with Gasteiger partial charge in [-0.25, -0.2) is 9.78 Å². The second-order valence-electron chi connectivity index (χ2n) is 8.08. The summed E-state index contributed by atoms with van der Waals surface area (Å²) in [7, 11) is 3.76. The quantitative estimate of drug-likeness (QED) is 0.141. The molecule has 0 aliphatic heterocycles. The van der Waals surface area contributed by atoms with E-state index in [4.69, 9.17) is 9.78 Å². The van der Waals surface area contributed by atoms with Gasteiger partial charge in [-0.3, -0.25) is 0 Å². The molecule has 0 bridgehead atoms. The average Bonchev–Trinajstić information content (AvgIpc) is 2.56. The molecule has 0 saturated carbocycles. The third kappa shape index (κ3) is 19.7. The van der Waals surface area contributed by atoms with Crippen LogP contribution in [0.5, 0.6) is 0 Å². The first kappa shape index (κ1) is 25.4. The first-order valence-corrected chi connectivity index (χ1v) is 10.7. The maximum atomic E-state index is 10.6. The number of carbonyl (C=O) groups excluding carboxylic acids is 1. The fraction of sp³-hybridized carbons (Fsp3) is 0.952. The molecule has 0 amide bonds. The Kier molecular flexibility index (Phi) is 17.3. The van der Waals surface area contributed by atoms with Crippen molar-refractivity contribution in [1.29, 1.82) is 0 Å². The lowest BCUT2D eigenvalue weighted by Gasteiger charge is -2.29. The van der Waals surface area contributed by atoms with Crippen molar-refractivity contribution in [1.82, 2.24) is 0 Å². The zero-order valence-corrected chi connectivity index (χ0v) is 17.6. The van der Waals surface area contributed by atoms with E-state index >= 15 is 0 Å². The van der Waals surface area contributed by atoms with Gasteiger partial charge in [0.15, 0.2) is 0 Å². The standard InChI is InChI=1S/C21H43NO4/c1-4-5-6-7-8-9-10-11-12-13-14-15-18-25-26-19-16-17-22(2,3)20-21(23)24/h4-20H2,1-3H3. The zero-order valence-electron chi connectivity index (χ0n) is 17.6. The lowest BCUT2D eigenvalue weighted by molar-refractivity contribution is -0.885. The van der Waals surface area contributed by atoms with Gasteiger partial charge in [-0.05, 0) is 6.42 Å². The third-order valence-electron chi connectivity index (χ3n) is 4.71. The number of likely N-dealkylation sites (N-methyl/N-ethyl adjacent to an activating group) is 1. The normalized spacial score (nSPS) is 11.8. The maximum Gasteiger partial charge on any atom is 0.119 e. The summed E-state index contributed by atoms with van der Waals surface area (Å²) in [5.41, 5.74) is 0. The summed E-state index contributed by atoms with van der Waals surface area (Å²) in [6, 6.07) is 0. The highest BCUT2D eigenvalue weighted by Crippen LogP contribution is 2.11. The molecule has 0 unspecified atom stereocenters. The lowest BCUT2D eigenvalue weighted by Crippen LogP contribution is -2.48. The number of rotatable bonds is 20. The molecule has 0 aromatic carbocycles. The SMILES string of the molecule is CCCCCCCCCCCCCCOOCCC[N+](C)(C)CC(=O)[O-]. The van der Waals surface area contributed by atoms with Crippen LogP contribution < -0.4 is 5.11 Å². The fourth-order valence-electron chi connectivity index (χ4n) is 3.10. The number of carboxylic acid groups (broad SMARTS) is 1. The Morgan fingerprint density at radius 1 is 0.731 bits per heavy atom. The molecule has 0 aromatic rings. The van der Waals surface area contributed by atoms with Crippen LogP contribution >= 0.6 is 0 Å². The van der Waals surface area contributed by atoms with E-state index in [0.29, 0.717) is 17.7 Å². The van der Waals surface area contributed by atoms with Gasteiger partial charge in [0.05, 0.1) is 39.8 Å². The van der Waals surface area contributed by atoms with E-state index in [2.05, 4.69) is 6.92 Å². The van der Waals surface area contributed by atoms with Crippen LogP contribution in [0.2, 0.25) is 0 Å². The van der Waals surface area contributed by atoms with Crippen molar-refractivity contribution in [3.63, 3.8) is 0 Å². The zero-order chi connectivity index (χ0) is 19.5. The molecule has 0 rings (SSSR count). The molecule has 156 valence electrons. The van der Waals surface area contributed by atoms with Gasteiger partial charge in [-0.1, -0.05) is 77.6 Å². The largest absolute Gasteiger partial charge is 0.544 e. The molecule has 0 heterocycles. The molecular formula is C21H43NO4. The Balaban J connectivity index is 3.17. The first-order chi connectivity index (χ1) is 12.5. The van der Waals surface area contributed by atoms with Gasteiger partial charge in [-0.15, -0.1) is 0 Å². The Bertz CT molecular complexity index is 321. The van der Waals surface area contributed by atoms with Crippen molar-refractivity contribution in [2.75, 3.05) is 40.4 Å². The molecule has 0 aliphatic carbocycles. The summed E-state index contributed by atoms with van der Waals surface area (Å²) in [4.78, 5) is 21.0. The van der Waals surface area contributed by atoms with Gasteiger partial charge in [0.25, 0.3) is 0 Å². The van der Waals surface area contributed by atoms with Gasteiger partial charge in [-0.2, -0.15) is 0 Å². The second-order valence-corrected chi connectivity index (χ2v) is 8.08. The van der Waals surface area contributed by atoms with E-state index < -0.39 is 5.97 Å². The molecule has 26 heavy (non-hydrogen) atoms. The summed E-state index contributed by atoms with van der Waals surface area (Å²) < 4.78 is 0.407. The van der Waals surface area contributed by atoms with E-state index in [0.717, 1.165) is 19.4 Å². The predicted octanol–water partition coefficient (Wildman–Crippen LogP) is 3.85. The van der Waals surface area contributed by atoms with Crippen molar-refractivity contribution in [3.8, 4) is 0 Å². The van der Waals surface area contributed by atoms with Crippen molar-refractivity contribution in [3.05, 3.63) is 0 Å². The summed E-state index contributed by atoms with van der Waals surface area (Å²) in [6.07, 6.45) is 16.8. The fourth-order valence-corrected chi connectivity index (χ4v) is 3.10. The van der Waals surface area contributed by atoms with Gasteiger partial charge < -0.3 is 14.4 Å². The van der Waals surface area contributed by atoms with Gasteiger partial charge in [0, 0.05) is 6.42 Å². The Labute approximate surface area is 161 Å². The minimum absolute atomic E-state index is 0.0275.